The van der Waals surface area contributed by atoms with Crippen molar-refractivity contribution < 1.29 is 9.53 Å². The Hall–Kier alpha value is -2.82. The van der Waals surface area contributed by atoms with E-state index in [-0.39, 0.29) is 5.91 Å². The Morgan fingerprint density at radius 3 is 2.75 bits per heavy atom. The molecule has 0 unspecified atom stereocenters. The van der Waals surface area contributed by atoms with Crippen molar-refractivity contribution in [2.45, 2.75) is 0 Å². The van der Waals surface area contributed by atoms with E-state index in [1.165, 1.54) is 0 Å². The zero-order valence-electron chi connectivity index (χ0n) is 10.9. The van der Waals surface area contributed by atoms with Crippen LogP contribution in [0.2, 0.25) is 0 Å². The zero-order chi connectivity index (χ0) is 13.9. The molecule has 0 bridgehead atoms. The Morgan fingerprint density at radius 2 is 2.00 bits per heavy atom. The number of carbonyl (C=O) groups excluding carboxylic acids is 1. The molecule has 3 rings (SSSR count). The average molecular weight is 267 g/mol. The van der Waals surface area contributed by atoms with E-state index in [1.807, 2.05) is 18.2 Å². The lowest BCUT2D eigenvalue weighted by molar-refractivity contribution is 0.102. The molecule has 0 spiro atoms. The monoisotopic (exact) mass is 267 g/mol. The molecule has 5 nitrogen and oxygen atoms in total. The second kappa shape index (κ2) is 5.05. The fourth-order valence-corrected chi connectivity index (χ4v) is 1.98. The molecule has 1 amide bonds. The molecule has 2 aromatic heterocycles. The van der Waals surface area contributed by atoms with Gasteiger partial charge in [-0.05, 0) is 36.4 Å². The van der Waals surface area contributed by atoms with E-state index < -0.39 is 0 Å². The van der Waals surface area contributed by atoms with Gasteiger partial charge in [-0.15, -0.1) is 0 Å². The number of benzene rings is 1. The number of fused-ring (bicyclic) bond motifs is 1. The van der Waals surface area contributed by atoms with Gasteiger partial charge in [-0.1, -0.05) is 6.07 Å². The lowest BCUT2D eigenvalue weighted by atomic mass is 10.2. The molecule has 100 valence electrons. The smallest absolute Gasteiger partial charge is 0.259 e. The molecule has 2 heterocycles. The van der Waals surface area contributed by atoms with Crippen LogP contribution in [0.1, 0.15) is 10.4 Å². The molecule has 0 aliphatic rings. The standard InChI is InChI=1S/C15H13N3O2/c1-20-12-7-5-11(6-8-12)17-15(19)13-10-16-18-9-3-2-4-14(13)18/h2-10H,1H3,(H,17,19). The topological polar surface area (TPSA) is 55.6 Å². The van der Waals surface area contributed by atoms with E-state index in [9.17, 15) is 4.79 Å². The van der Waals surface area contributed by atoms with Gasteiger partial charge in [0, 0.05) is 11.9 Å². The summed E-state index contributed by atoms with van der Waals surface area (Å²) in [5.41, 5.74) is 2.03. The first-order valence-corrected chi connectivity index (χ1v) is 6.16. The van der Waals surface area contributed by atoms with E-state index in [0.29, 0.717) is 11.3 Å². The summed E-state index contributed by atoms with van der Waals surface area (Å²) in [6.45, 7) is 0. The molecule has 0 radical (unpaired) electrons. The molecule has 0 saturated heterocycles. The van der Waals surface area contributed by atoms with Gasteiger partial charge in [0.05, 0.1) is 24.4 Å². The quantitative estimate of drug-likeness (QED) is 0.793. The Kier molecular flexibility index (Phi) is 3.09. The first kappa shape index (κ1) is 12.2. The van der Waals surface area contributed by atoms with Crippen LogP contribution < -0.4 is 10.1 Å². The van der Waals surface area contributed by atoms with E-state index >= 15 is 0 Å². The third-order valence-electron chi connectivity index (χ3n) is 3.02. The first-order valence-electron chi connectivity index (χ1n) is 6.16. The lowest BCUT2D eigenvalue weighted by Gasteiger charge is -2.05. The highest BCUT2D eigenvalue weighted by molar-refractivity contribution is 6.08. The van der Waals surface area contributed by atoms with Crippen LogP contribution in [0.5, 0.6) is 5.75 Å². The highest BCUT2D eigenvalue weighted by Gasteiger charge is 2.12. The molecule has 5 heteroatoms. The van der Waals surface area contributed by atoms with Gasteiger partial charge in [0.15, 0.2) is 0 Å². The Balaban J connectivity index is 1.85. The van der Waals surface area contributed by atoms with Crippen LogP contribution in [0.15, 0.2) is 54.9 Å². The molecule has 0 aliphatic heterocycles. The third-order valence-corrected chi connectivity index (χ3v) is 3.02. The molecule has 20 heavy (non-hydrogen) atoms. The number of amides is 1. The number of nitrogens with zero attached hydrogens (tertiary/aromatic N) is 2. The summed E-state index contributed by atoms with van der Waals surface area (Å²) in [6, 6.07) is 12.8. The van der Waals surface area contributed by atoms with Gasteiger partial charge >= 0.3 is 0 Å². The molecular formula is C15H13N3O2. The van der Waals surface area contributed by atoms with Crippen molar-refractivity contribution >= 4 is 17.1 Å². The number of pyridine rings is 1. The minimum atomic E-state index is -0.184. The number of rotatable bonds is 3. The summed E-state index contributed by atoms with van der Waals surface area (Å²) in [5.74, 6) is 0.565. The van der Waals surface area contributed by atoms with Crippen LogP contribution in [0.3, 0.4) is 0 Å². The lowest BCUT2D eigenvalue weighted by Crippen LogP contribution is -2.11. The van der Waals surface area contributed by atoms with E-state index in [1.54, 1.807) is 48.3 Å². The molecule has 0 saturated carbocycles. The Labute approximate surface area is 115 Å². The fourth-order valence-electron chi connectivity index (χ4n) is 1.98. The summed E-state index contributed by atoms with van der Waals surface area (Å²) in [7, 11) is 1.60. The fraction of sp³-hybridized carbons (Fsp3) is 0.0667. The summed E-state index contributed by atoms with van der Waals surface area (Å²) in [5, 5.41) is 6.98. The predicted molar refractivity (Wildman–Crippen MR) is 76.1 cm³/mol. The maximum Gasteiger partial charge on any atom is 0.259 e. The SMILES string of the molecule is COc1ccc(NC(=O)c2cnn3ccccc23)cc1. The van der Waals surface area contributed by atoms with E-state index in [0.717, 1.165) is 11.3 Å². The van der Waals surface area contributed by atoms with Crippen LogP contribution in [0.4, 0.5) is 5.69 Å². The number of hydrogen-bond acceptors (Lipinski definition) is 3. The summed E-state index contributed by atoms with van der Waals surface area (Å²) in [6.07, 6.45) is 3.37. The zero-order valence-corrected chi connectivity index (χ0v) is 10.9. The third kappa shape index (κ3) is 2.21. The van der Waals surface area contributed by atoms with Gasteiger partial charge in [-0.3, -0.25) is 4.79 Å². The van der Waals surface area contributed by atoms with Crippen LogP contribution in [-0.2, 0) is 0 Å². The second-order valence-electron chi connectivity index (χ2n) is 4.27. The summed E-state index contributed by atoms with van der Waals surface area (Å²) in [4.78, 5) is 12.2. The minimum absolute atomic E-state index is 0.184. The van der Waals surface area contributed by atoms with Gasteiger partial charge in [0.2, 0.25) is 0 Å². The van der Waals surface area contributed by atoms with Crippen molar-refractivity contribution in [1.29, 1.82) is 0 Å². The normalized spacial score (nSPS) is 10.4. The van der Waals surface area contributed by atoms with Crippen LogP contribution in [-0.4, -0.2) is 22.6 Å². The van der Waals surface area contributed by atoms with Crippen molar-refractivity contribution in [1.82, 2.24) is 9.61 Å². The van der Waals surface area contributed by atoms with Gasteiger partial charge in [-0.2, -0.15) is 5.10 Å². The van der Waals surface area contributed by atoms with Crippen molar-refractivity contribution in [2.75, 3.05) is 12.4 Å². The molecule has 3 aromatic rings. The highest BCUT2D eigenvalue weighted by Crippen LogP contribution is 2.17. The summed E-state index contributed by atoms with van der Waals surface area (Å²) < 4.78 is 6.75. The minimum Gasteiger partial charge on any atom is -0.497 e. The van der Waals surface area contributed by atoms with Crippen molar-refractivity contribution in [3.8, 4) is 5.75 Å². The number of aromatic nitrogens is 2. The number of anilines is 1. The largest absolute Gasteiger partial charge is 0.497 e. The molecule has 0 fully saturated rings. The van der Waals surface area contributed by atoms with Crippen LogP contribution >= 0.6 is 0 Å². The van der Waals surface area contributed by atoms with Crippen molar-refractivity contribution in [2.24, 2.45) is 0 Å². The van der Waals surface area contributed by atoms with E-state index in [2.05, 4.69) is 10.4 Å². The van der Waals surface area contributed by atoms with Crippen molar-refractivity contribution in [3.05, 3.63) is 60.4 Å². The molecule has 0 atom stereocenters. The molecule has 1 aromatic carbocycles. The van der Waals surface area contributed by atoms with Gasteiger partial charge in [0.25, 0.3) is 5.91 Å². The molecular weight excluding hydrogens is 254 g/mol. The number of ether oxygens (including phenoxy) is 1. The van der Waals surface area contributed by atoms with Crippen LogP contribution in [0.25, 0.3) is 5.52 Å². The number of methoxy groups -OCH3 is 1. The Morgan fingerprint density at radius 1 is 1.20 bits per heavy atom. The van der Waals surface area contributed by atoms with Crippen LogP contribution in [0, 0.1) is 0 Å². The van der Waals surface area contributed by atoms with E-state index in [4.69, 9.17) is 4.74 Å². The molecule has 0 aliphatic carbocycles. The average Bonchev–Trinajstić information content (AvgIpc) is 2.92. The van der Waals surface area contributed by atoms with Crippen molar-refractivity contribution in [3.63, 3.8) is 0 Å². The van der Waals surface area contributed by atoms with Gasteiger partial charge < -0.3 is 10.1 Å². The summed E-state index contributed by atoms with van der Waals surface area (Å²) >= 11 is 0. The number of hydrogen-bond donors (Lipinski definition) is 1. The maximum absolute atomic E-state index is 12.2. The first-order chi connectivity index (χ1) is 9.78. The maximum atomic E-state index is 12.2. The second-order valence-corrected chi connectivity index (χ2v) is 4.27. The van der Waals surface area contributed by atoms with Gasteiger partial charge in [0.1, 0.15) is 5.75 Å². The van der Waals surface area contributed by atoms with Gasteiger partial charge in [-0.25, -0.2) is 4.52 Å². The number of carbonyl (C=O) groups is 1. The number of nitrogens with one attached hydrogen (secondary N) is 1. The molecule has 1 N–H and O–H groups in total. The highest BCUT2D eigenvalue weighted by atomic mass is 16.5. The predicted octanol–water partition coefficient (Wildman–Crippen LogP) is 2.60. The Bertz CT molecular complexity index is 747.